The van der Waals surface area contributed by atoms with Crippen molar-refractivity contribution in [2.24, 2.45) is 0 Å². The first kappa shape index (κ1) is 27.3. The zero-order valence-corrected chi connectivity index (χ0v) is 19.1. The summed E-state index contributed by atoms with van der Waals surface area (Å²) in [7, 11) is 0. The van der Waals surface area contributed by atoms with Crippen LogP contribution in [0.3, 0.4) is 0 Å². The third kappa shape index (κ3) is 6.08. The maximum atomic E-state index is 14.5. The smallest absolute Gasteiger partial charge is 0.306 e. The minimum absolute atomic E-state index is 0.0366. The van der Waals surface area contributed by atoms with E-state index in [1.54, 1.807) is 0 Å². The maximum absolute atomic E-state index is 14.5. The lowest BCUT2D eigenvalue weighted by atomic mass is 10.0. The lowest BCUT2D eigenvalue weighted by Gasteiger charge is -2.27. The molecule has 0 aliphatic rings. The number of anilines is 1. The number of aromatic nitrogens is 1. The molecule has 0 aliphatic heterocycles. The van der Waals surface area contributed by atoms with Gasteiger partial charge < -0.3 is 9.45 Å². The van der Waals surface area contributed by atoms with Crippen LogP contribution in [0.5, 0.6) is 0 Å². The molecule has 0 fully saturated rings. The van der Waals surface area contributed by atoms with Crippen molar-refractivity contribution in [1.82, 2.24) is 4.98 Å². The Morgan fingerprint density at radius 3 is 2.11 bits per heavy atom. The summed E-state index contributed by atoms with van der Waals surface area (Å²) in [5, 5.41) is -1.18. The summed E-state index contributed by atoms with van der Waals surface area (Å²) >= 11 is -2.52. The summed E-state index contributed by atoms with van der Waals surface area (Å²) in [6.45, 7) is 0.634. The molecule has 2 aromatic carbocycles. The molecule has 1 N–H and O–H groups in total. The number of alkyl halides is 6. The fraction of sp³-hybridized carbons (Fsp3) is 0.217. The van der Waals surface area contributed by atoms with Gasteiger partial charge in [0.25, 0.3) is 5.91 Å². The first-order valence-electron chi connectivity index (χ1n) is 10.1. The van der Waals surface area contributed by atoms with E-state index >= 15 is 0 Å². The molecule has 0 radical (unpaired) electrons. The Morgan fingerprint density at radius 1 is 1.00 bits per heavy atom. The minimum Gasteiger partial charge on any atom is -0.306 e. The van der Waals surface area contributed by atoms with E-state index in [1.165, 1.54) is 37.4 Å². The number of nitrogens with zero attached hydrogens (tertiary/aromatic N) is 2. The summed E-state index contributed by atoms with van der Waals surface area (Å²) in [6.07, 6.45) is -8.10. The second-order valence-electron chi connectivity index (χ2n) is 7.67. The topological polar surface area (TPSA) is 70.5 Å². The molecule has 3 aromatic rings. The molecule has 192 valence electrons. The van der Waals surface area contributed by atoms with Crippen LogP contribution in [-0.2, 0) is 23.4 Å². The number of amides is 1. The lowest BCUT2D eigenvalue weighted by Crippen LogP contribution is -2.38. The van der Waals surface area contributed by atoms with Crippen molar-refractivity contribution in [3.05, 3.63) is 83.4 Å². The number of carbonyl (C=O) groups is 1. The summed E-state index contributed by atoms with van der Waals surface area (Å²) in [4.78, 5) is 18.0. The Labute approximate surface area is 202 Å². The average Bonchev–Trinajstić information content (AvgIpc) is 2.81. The van der Waals surface area contributed by atoms with Crippen molar-refractivity contribution in [2.75, 3.05) is 11.4 Å². The number of hydrogen-bond acceptors (Lipinski definition) is 3. The van der Waals surface area contributed by atoms with Crippen molar-refractivity contribution < 1.29 is 44.3 Å². The van der Waals surface area contributed by atoms with Crippen LogP contribution in [-0.4, -0.2) is 31.4 Å². The van der Waals surface area contributed by atoms with E-state index in [2.05, 4.69) is 4.98 Å². The largest absolute Gasteiger partial charge is 0.416 e. The van der Waals surface area contributed by atoms with E-state index in [4.69, 9.17) is 0 Å². The number of pyridine rings is 1. The van der Waals surface area contributed by atoms with Gasteiger partial charge in [0.05, 0.1) is 28.3 Å². The van der Waals surface area contributed by atoms with Gasteiger partial charge in [-0.25, -0.2) is 8.60 Å². The van der Waals surface area contributed by atoms with Gasteiger partial charge in [-0.3, -0.25) is 9.78 Å². The van der Waals surface area contributed by atoms with Crippen molar-refractivity contribution in [3.8, 4) is 11.1 Å². The summed E-state index contributed by atoms with van der Waals surface area (Å²) in [5.74, 6) is -2.07. The molecule has 0 bridgehead atoms. The molecular formula is C23H17F7N2O3S. The highest BCUT2D eigenvalue weighted by Crippen LogP contribution is 2.38. The zero-order valence-electron chi connectivity index (χ0n) is 18.3. The summed E-state index contributed by atoms with van der Waals surface area (Å²) in [6, 6.07) is 7.00. The zero-order chi connectivity index (χ0) is 26.8. The normalized spacial score (nSPS) is 13.8. The van der Waals surface area contributed by atoms with Crippen LogP contribution < -0.4 is 4.90 Å². The van der Waals surface area contributed by atoms with E-state index in [-0.39, 0.29) is 35.0 Å². The Kier molecular flexibility index (Phi) is 7.84. The van der Waals surface area contributed by atoms with Crippen LogP contribution in [0.15, 0.2) is 60.9 Å². The van der Waals surface area contributed by atoms with Crippen molar-refractivity contribution in [2.45, 2.75) is 24.5 Å². The van der Waals surface area contributed by atoms with Crippen LogP contribution >= 0.6 is 0 Å². The molecule has 2 atom stereocenters. The number of carbonyl (C=O) groups excluding carboxylic acids is 1. The minimum atomic E-state index is -5.20. The molecule has 36 heavy (non-hydrogen) atoms. The summed E-state index contributed by atoms with van der Waals surface area (Å²) in [5.41, 5.74) is -4.58. The quantitative estimate of drug-likeness (QED) is 0.303. The van der Waals surface area contributed by atoms with Gasteiger partial charge >= 0.3 is 12.4 Å². The van der Waals surface area contributed by atoms with Gasteiger partial charge in [-0.15, -0.1) is 0 Å². The van der Waals surface area contributed by atoms with Crippen LogP contribution in [0.1, 0.15) is 28.4 Å². The van der Waals surface area contributed by atoms with Crippen LogP contribution in [0, 0.1) is 5.82 Å². The molecule has 0 saturated carbocycles. The van der Waals surface area contributed by atoms with E-state index < -0.39 is 63.6 Å². The molecule has 13 heteroatoms. The molecule has 0 spiro atoms. The first-order valence-corrected chi connectivity index (χ1v) is 11.3. The molecule has 0 aliphatic carbocycles. The Balaban J connectivity index is 2.24. The van der Waals surface area contributed by atoms with E-state index in [0.29, 0.717) is 4.90 Å². The van der Waals surface area contributed by atoms with Crippen molar-refractivity contribution in [3.63, 3.8) is 0 Å². The van der Waals surface area contributed by atoms with Gasteiger partial charge in [0.1, 0.15) is 5.82 Å². The number of hydrogen-bond donors (Lipinski definition) is 1. The Morgan fingerprint density at radius 2 is 1.58 bits per heavy atom. The lowest BCUT2D eigenvalue weighted by molar-refractivity contribution is -0.143. The number of rotatable bonds is 6. The SMILES string of the molecule is CC(CN(C(=O)c1cc(C(F)(F)F)cc(C(F)(F)F)c1)c1cnccc1-c1ccccc1F)S(=O)O. The highest BCUT2D eigenvalue weighted by Gasteiger charge is 2.38. The third-order valence-electron chi connectivity index (χ3n) is 5.12. The Hall–Kier alpha value is -3.32. The number of benzene rings is 2. The second-order valence-corrected chi connectivity index (χ2v) is 9.03. The molecule has 1 aromatic heterocycles. The molecule has 3 rings (SSSR count). The average molecular weight is 534 g/mol. The predicted molar refractivity (Wildman–Crippen MR) is 118 cm³/mol. The van der Waals surface area contributed by atoms with Gasteiger partial charge in [-0.2, -0.15) is 26.3 Å². The molecule has 2 unspecified atom stereocenters. The van der Waals surface area contributed by atoms with Crippen LogP contribution in [0.4, 0.5) is 36.4 Å². The van der Waals surface area contributed by atoms with E-state index in [9.17, 15) is 44.3 Å². The maximum Gasteiger partial charge on any atom is 0.416 e. The van der Waals surface area contributed by atoms with Crippen molar-refractivity contribution >= 4 is 22.7 Å². The van der Waals surface area contributed by atoms with Gasteiger partial charge in [0.15, 0.2) is 11.1 Å². The molecule has 0 saturated heterocycles. The van der Waals surface area contributed by atoms with E-state index in [0.717, 1.165) is 12.3 Å². The monoisotopic (exact) mass is 534 g/mol. The third-order valence-corrected chi connectivity index (χ3v) is 5.96. The standard InChI is InChI=1S/C23H17F7N2O3S/c1-13(36(34)35)12-32(20-11-31-7-6-18(20)17-4-2-3-5-19(17)24)21(33)14-8-15(22(25,26)27)10-16(9-14)23(28,29)30/h2-11,13H,12H2,1H3,(H,34,35). The first-order chi connectivity index (χ1) is 16.7. The van der Waals surface area contributed by atoms with Gasteiger partial charge in [0, 0.05) is 29.4 Å². The Bertz CT molecular complexity index is 1260. The van der Waals surface area contributed by atoms with Gasteiger partial charge in [-0.1, -0.05) is 18.2 Å². The van der Waals surface area contributed by atoms with Crippen molar-refractivity contribution in [1.29, 1.82) is 0 Å². The molecule has 1 amide bonds. The highest BCUT2D eigenvalue weighted by atomic mass is 32.2. The van der Waals surface area contributed by atoms with E-state index in [1.807, 2.05) is 0 Å². The van der Waals surface area contributed by atoms with Gasteiger partial charge in [0.2, 0.25) is 0 Å². The molecule has 5 nitrogen and oxygen atoms in total. The highest BCUT2D eigenvalue weighted by molar-refractivity contribution is 7.79. The van der Waals surface area contributed by atoms with Gasteiger partial charge in [-0.05, 0) is 37.3 Å². The fourth-order valence-corrected chi connectivity index (χ4v) is 3.63. The second kappa shape index (κ2) is 10.3. The predicted octanol–water partition coefficient (Wildman–Crippen LogP) is 6.18. The number of halogens is 7. The fourth-order valence-electron chi connectivity index (χ4n) is 3.35. The molecular weight excluding hydrogens is 517 g/mol. The molecule has 1 heterocycles. The van der Waals surface area contributed by atoms with Crippen LogP contribution in [0.2, 0.25) is 0 Å². The van der Waals surface area contributed by atoms with Crippen LogP contribution in [0.25, 0.3) is 11.1 Å². The summed E-state index contributed by atoms with van der Waals surface area (Å²) < 4.78 is 116.